The van der Waals surface area contributed by atoms with Crippen LogP contribution in [0.2, 0.25) is 0 Å². The molecule has 2 amide bonds. The van der Waals surface area contributed by atoms with Crippen molar-refractivity contribution in [1.29, 1.82) is 0 Å². The Labute approximate surface area is 151 Å². The number of hydrogen-bond acceptors (Lipinski definition) is 2. The number of para-hydroxylation sites is 1. The van der Waals surface area contributed by atoms with Crippen LogP contribution in [0.1, 0.15) is 45.1 Å². The summed E-state index contributed by atoms with van der Waals surface area (Å²) < 4.78 is 0. The first-order valence-electron chi connectivity index (χ1n) is 9.48. The Hall–Kier alpha value is -1.88. The van der Waals surface area contributed by atoms with Crippen LogP contribution < -0.4 is 15.5 Å². The SMILES string of the molecule is CCc1ccccc1NC(=O)C[NH+](C)CC(=O)N[C@H]1CCCC[C@@H]1C. The fourth-order valence-electron chi connectivity index (χ4n) is 3.54. The highest BCUT2D eigenvalue weighted by Gasteiger charge is 2.24. The van der Waals surface area contributed by atoms with Gasteiger partial charge in [-0.3, -0.25) is 9.59 Å². The second-order valence-electron chi connectivity index (χ2n) is 7.31. The van der Waals surface area contributed by atoms with E-state index < -0.39 is 0 Å². The van der Waals surface area contributed by atoms with Crippen molar-refractivity contribution < 1.29 is 14.5 Å². The Balaban J connectivity index is 1.77. The van der Waals surface area contributed by atoms with Crippen molar-refractivity contribution in [2.75, 3.05) is 25.5 Å². The molecule has 1 aromatic rings. The highest BCUT2D eigenvalue weighted by molar-refractivity contribution is 5.92. The number of carbonyl (C=O) groups is 2. The molecule has 0 saturated heterocycles. The predicted octanol–water partition coefficient (Wildman–Crippen LogP) is 1.40. The van der Waals surface area contributed by atoms with Crippen molar-refractivity contribution in [2.45, 2.75) is 52.0 Å². The maximum Gasteiger partial charge on any atom is 0.279 e. The summed E-state index contributed by atoms with van der Waals surface area (Å²) in [7, 11) is 1.88. The summed E-state index contributed by atoms with van der Waals surface area (Å²) >= 11 is 0. The fourth-order valence-corrected chi connectivity index (χ4v) is 3.54. The van der Waals surface area contributed by atoms with Crippen molar-refractivity contribution in [3.8, 4) is 0 Å². The summed E-state index contributed by atoms with van der Waals surface area (Å²) in [5, 5.41) is 6.11. The van der Waals surface area contributed by atoms with E-state index in [2.05, 4.69) is 24.5 Å². The van der Waals surface area contributed by atoms with Crippen molar-refractivity contribution in [1.82, 2.24) is 5.32 Å². The molecule has 0 heterocycles. The van der Waals surface area contributed by atoms with Crippen molar-refractivity contribution in [2.24, 2.45) is 5.92 Å². The van der Waals surface area contributed by atoms with Gasteiger partial charge in [-0.05, 0) is 36.8 Å². The molecule has 0 aliphatic heterocycles. The zero-order valence-electron chi connectivity index (χ0n) is 15.7. The van der Waals surface area contributed by atoms with E-state index in [9.17, 15) is 9.59 Å². The average Bonchev–Trinajstić information content (AvgIpc) is 2.57. The average molecular weight is 346 g/mol. The molecule has 25 heavy (non-hydrogen) atoms. The third kappa shape index (κ3) is 6.16. The first-order chi connectivity index (χ1) is 12.0. The van der Waals surface area contributed by atoms with E-state index in [4.69, 9.17) is 0 Å². The highest BCUT2D eigenvalue weighted by Crippen LogP contribution is 2.23. The lowest BCUT2D eigenvalue weighted by atomic mass is 9.86. The van der Waals surface area contributed by atoms with Gasteiger partial charge >= 0.3 is 0 Å². The molecule has 1 aromatic carbocycles. The van der Waals surface area contributed by atoms with E-state index in [0.717, 1.165) is 29.0 Å². The zero-order valence-corrected chi connectivity index (χ0v) is 15.7. The van der Waals surface area contributed by atoms with Crippen molar-refractivity contribution in [3.05, 3.63) is 29.8 Å². The molecule has 2 rings (SSSR count). The number of nitrogens with one attached hydrogen (secondary N) is 3. The molecule has 5 nitrogen and oxygen atoms in total. The van der Waals surface area contributed by atoms with E-state index in [1.165, 1.54) is 19.3 Å². The maximum atomic E-state index is 12.3. The second kappa shape index (κ2) is 9.56. The second-order valence-corrected chi connectivity index (χ2v) is 7.31. The lowest BCUT2D eigenvalue weighted by Crippen LogP contribution is -3.11. The molecule has 5 heteroatoms. The molecule has 3 atom stereocenters. The van der Waals surface area contributed by atoms with E-state index in [-0.39, 0.29) is 18.4 Å². The molecule has 0 aromatic heterocycles. The molecule has 1 aliphatic carbocycles. The van der Waals surface area contributed by atoms with Gasteiger partial charge in [-0.15, -0.1) is 0 Å². The smallest absolute Gasteiger partial charge is 0.279 e. The molecular weight excluding hydrogens is 314 g/mol. The summed E-state index contributed by atoms with van der Waals surface area (Å²) in [5.74, 6) is 0.530. The predicted molar refractivity (Wildman–Crippen MR) is 101 cm³/mol. The van der Waals surface area contributed by atoms with E-state index in [0.29, 0.717) is 18.5 Å². The molecular formula is C20H32N3O2+. The zero-order chi connectivity index (χ0) is 18.2. The quantitative estimate of drug-likeness (QED) is 0.699. The van der Waals surface area contributed by atoms with Gasteiger partial charge in [0.25, 0.3) is 11.8 Å². The molecule has 1 aliphatic rings. The largest absolute Gasteiger partial charge is 0.348 e. The first kappa shape index (κ1) is 19.4. The summed E-state index contributed by atoms with van der Waals surface area (Å²) in [4.78, 5) is 25.4. The van der Waals surface area contributed by atoms with E-state index in [1.807, 2.05) is 31.3 Å². The lowest BCUT2D eigenvalue weighted by Gasteiger charge is -2.29. The minimum atomic E-state index is -0.0581. The van der Waals surface area contributed by atoms with Gasteiger partial charge in [-0.25, -0.2) is 0 Å². The van der Waals surface area contributed by atoms with Crippen LogP contribution in [0, 0.1) is 5.92 Å². The summed E-state index contributed by atoms with van der Waals surface area (Å²) in [6.07, 6.45) is 5.59. The standard InChI is InChI=1S/C20H31N3O2/c1-4-16-10-6-8-12-18(16)22-20(25)14-23(3)13-19(24)21-17-11-7-5-9-15(17)2/h6,8,10,12,15,17H,4-5,7,9,11,13-14H2,1-3H3,(H,21,24)(H,22,25)/p+1/t15-,17-/m0/s1. The number of quaternary nitrogens is 1. The van der Waals surface area contributed by atoms with Gasteiger partial charge in [-0.1, -0.05) is 44.9 Å². The number of likely N-dealkylation sites (N-methyl/N-ethyl adjacent to an activating group) is 1. The van der Waals surface area contributed by atoms with Crippen LogP contribution in [-0.2, 0) is 16.0 Å². The molecule has 1 saturated carbocycles. The fraction of sp³-hybridized carbons (Fsp3) is 0.600. The minimum absolute atomic E-state index is 0.0398. The third-order valence-corrected chi connectivity index (χ3v) is 5.05. The van der Waals surface area contributed by atoms with Crippen molar-refractivity contribution >= 4 is 17.5 Å². The van der Waals surface area contributed by atoms with Crippen molar-refractivity contribution in [3.63, 3.8) is 0 Å². The lowest BCUT2D eigenvalue weighted by molar-refractivity contribution is -0.862. The van der Waals surface area contributed by atoms with Gasteiger partial charge in [0.15, 0.2) is 13.1 Å². The Morgan fingerprint density at radius 3 is 2.52 bits per heavy atom. The minimum Gasteiger partial charge on any atom is -0.348 e. The Morgan fingerprint density at radius 1 is 1.12 bits per heavy atom. The van der Waals surface area contributed by atoms with E-state index >= 15 is 0 Å². The summed E-state index contributed by atoms with van der Waals surface area (Å²) in [6.45, 7) is 4.88. The number of aryl methyl sites for hydroxylation is 1. The Kier molecular flexibility index (Phi) is 7.44. The number of benzene rings is 1. The van der Waals surface area contributed by atoms with Crippen LogP contribution in [0.15, 0.2) is 24.3 Å². The number of hydrogen-bond donors (Lipinski definition) is 3. The van der Waals surface area contributed by atoms with Crippen LogP contribution in [0.3, 0.4) is 0 Å². The monoisotopic (exact) mass is 346 g/mol. The molecule has 0 radical (unpaired) electrons. The Bertz CT molecular complexity index is 588. The molecule has 3 N–H and O–H groups in total. The van der Waals surface area contributed by atoms with Crippen LogP contribution in [-0.4, -0.2) is 38.0 Å². The number of carbonyl (C=O) groups excluding carboxylic acids is 2. The highest BCUT2D eigenvalue weighted by atomic mass is 16.2. The Morgan fingerprint density at radius 2 is 1.80 bits per heavy atom. The molecule has 0 spiro atoms. The first-order valence-corrected chi connectivity index (χ1v) is 9.48. The van der Waals surface area contributed by atoms with Crippen LogP contribution in [0.5, 0.6) is 0 Å². The van der Waals surface area contributed by atoms with Gasteiger partial charge in [0.1, 0.15) is 0 Å². The van der Waals surface area contributed by atoms with E-state index in [1.54, 1.807) is 0 Å². The van der Waals surface area contributed by atoms with Crippen LogP contribution in [0.25, 0.3) is 0 Å². The summed E-state index contributed by atoms with van der Waals surface area (Å²) in [6, 6.07) is 8.13. The molecule has 138 valence electrons. The number of rotatable bonds is 7. The molecule has 1 unspecified atom stereocenters. The number of anilines is 1. The molecule has 1 fully saturated rings. The molecule has 0 bridgehead atoms. The van der Waals surface area contributed by atoms with Gasteiger partial charge < -0.3 is 15.5 Å². The summed E-state index contributed by atoms with van der Waals surface area (Å²) in [5.41, 5.74) is 1.99. The van der Waals surface area contributed by atoms with Gasteiger partial charge in [0.2, 0.25) is 0 Å². The third-order valence-electron chi connectivity index (χ3n) is 5.05. The van der Waals surface area contributed by atoms with Gasteiger partial charge in [0.05, 0.1) is 7.05 Å². The van der Waals surface area contributed by atoms with Gasteiger partial charge in [0, 0.05) is 11.7 Å². The van der Waals surface area contributed by atoms with Crippen LogP contribution in [0.4, 0.5) is 5.69 Å². The van der Waals surface area contributed by atoms with Crippen LogP contribution >= 0.6 is 0 Å². The van der Waals surface area contributed by atoms with Gasteiger partial charge in [-0.2, -0.15) is 0 Å². The maximum absolute atomic E-state index is 12.3. The topological polar surface area (TPSA) is 62.6 Å². The normalized spacial score (nSPS) is 21.4. The number of amides is 2.